The number of rotatable bonds is 3. The van der Waals surface area contributed by atoms with E-state index >= 15 is 0 Å². The third kappa shape index (κ3) is 2.52. The highest BCUT2D eigenvalue weighted by Gasteiger charge is 2.08. The first-order valence-corrected chi connectivity index (χ1v) is 5.30. The predicted molar refractivity (Wildman–Crippen MR) is 65.2 cm³/mol. The number of benzene rings is 1. The van der Waals surface area contributed by atoms with E-state index < -0.39 is 0 Å². The highest BCUT2D eigenvalue weighted by atomic mass is 35.5. The zero-order valence-electron chi connectivity index (χ0n) is 8.97. The minimum absolute atomic E-state index is 0.396. The summed E-state index contributed by atoms with van der Waals surface area (Å²) >= 11 is 5.75. The van der Waals surface area contributed by atoms with E-state index in [9.17, 15) is 0 Å². The number of nitrogens with zero attached hydrogens (tertiary/aromatic N) is 4. The lowest BCUT2D eigenvalue weighted by Crippen LogP contribution is -2.02. The van der Waals surface area contributed by atoms with Gasteiger partial charge in [0.1, 0.15) is 6.33 Å². The molecular weight excluding hydrogens is 236 g/mol. The summed E-state index contributed by atoms with van der Waals surface area (Å²) in [5, 5.41) is 13.4. The molecule has 0 N–H and O–H groups in total. The molecule has 1 aromatic heterocycles. The van der Waals surface area contributed by atoms with Gasteiger partial charge in [0.05, 0.1) is 18.2 Å². The maximum Gasteiger partial charge on any atom is 0.158 e. The Morgan fingerprint density at radius 1 is 1.53 bits per heavy atom. The normalized spacial score (nSPS) is 9.88. The number of allylic oxidation sites excluding steroid dienone is 1. The highest BCUT2D eigenvalue weighted by Crippen LogP contribution is 2.18. The van der Waals surface area contributed by atoms with Crippen LogP contribution in [0.25, 0.3) is 11.4 Å². The van der Waals surface area contributed by atoms with Crippen molar-refractivity contribution < 1.29 is 0 Å². The van der Waals surface area contributed by atoms with Crippen LogP contribution in [0, 0.1) is 11.3 Å². The molecule has 0 saturated heterocycles. The Morgan fingerprint density at radius 3 is 3.06 bits per heavy atom. The molecular formula is C12H9ClN4. The smallest absolute Gasteiger partial charge is 0.158 e. The van der Waals surface area contributed by atoms with Crippen molar-refractivity contribution in [2.45, 2.75) is 6.54 Å². The standard InChI is InChI=1S/C12H9ClN4/c1-9(13)7-17-12(15-8-16-17)11-4-2-3-10(5-11)6-14/h2-5,8H,1,7H2. The first-order valence-electron chi connectivity index (χ1n) is 4.92. The number of hydrogen-bond donors (Lipinski definition) is 0. The SMILES string of the molecule is C=C(Cl)Cn1ncnc1-c1cccc(C#N)c1. The lowest BCUT2D eigenvalue weighted by atomic mass is 10.1. The van der Waals surface area contributed by atoms with Crippen LogP contribution in [-0.4, -0.2) is 14.8 Å². The molecule has 0 spiro atoms. The topological polar surface area (TPSA) is 54.5 Å². The summed E-state index contributed by atoms with van der Waals surface area (Å²) in [5.41, 5.74) is 1.42. The van der Waals surface area contributed by atoms with Crippen molar-refractivity contribution in [3.05, 3.63) is 47.8 Å². The van der Waals surface area contributed by atoms with Crippen molar-refractivity contribution in [3.63, 3.8) is 0 Å². The Bertz CT molecular complexity index is 595. The Hall–Kier alpha value is -2.12. The summed E-state index contributed by atoms with van der Waals surface area (Å²) in [6, 6.07) is 9.27. The third-order valence-corrected chi connectivity index (χ3v) is 2.31. The average Bonchev–Trinajstić information content (AvgIpc) is 2.76. The molecule has 0 bridgehead atoms. The lowest BCUT2D eigenvalue weighted by Gasteiger charge is -2.04. The van der Waals surface area contributed by atoms with Crippen molar-refractivity contribution >= 4 is 11.6 Å². The molecule has 84 valence electrons. The van der Waals surface area contributed by atoms with Crippen LogP contribution in [-0.2, 0) is 6.54 Å². The van der Waals surface area contributed by atoms with Crippen molar-refractivity contribution in [3.8, 4) is 17.5 Å². The average molecular weight is 245 g/mol. The summed E-state index contributed by atoms with van der Waals surface area (Å²) < 4.78 is 1.64. The van der Waals surface area contributed by atoms with E-state index in [2.05, 4.69) is 22.7 Å². The molecule has 0 aliphatic rings. The summed E-state index contributed by atoms with van der Waals surface area (Å²) in [7, 11) is 0. The van der Waals surface area contributed by atoms with E-state index in [4.69, 9.17) is 16.9 Å². The fraction of sp³-hybridized carbons (Fsp3) is 0.0833. The van der Waals surface area contributed by atoms with Gasteiger partial charge in [0.15, 0.2) is 5.82 Å². The van der Waals surface area contributed by atoms with Crippen molar-refractivity contribution in [2.75, 3.05) is 0 Å². The van der Waals surface area contributed by atoms with Gasteiger partial charge in [-0.1, -0.05) is 30.3 Å². The summed E-state index contributed by atoms with van der Waals surface area (Å²) in [6.45, 7) is 4.02. The molecule has 0 aliphatic carbocycles. The van der Waals surface area contributed by atoms with Crippen molar-refractivity contribution in [1.29, 1.82) is 5.26 Å². The van der Waals surface area contributed by atoms with Crippen LogP contribution < -0.4 is 0 Å². The van der Waals surface area contributed by atoms with Crippen LogP contribution in [0.5, 0.6) is 0 Å². The first-order chi connectivity index (χ1) is 8.20. The molecule has 0 unspecified atom stereocenters. The molecule has 0 radical (unpaired) electrons. The van der Waals surface area contributed by atoms with Gasteiger partial charge in [0, 0.05) is 10.6 Å². The first kappa shape index (κ1) is 11.4. The molecule has 2 aromatic rings. The molecule has 1 aromatic carbocycles. The molecule has 0 aliphatic heterocycles. The monoisotopic (exact) mass is 244 g/mol. The van der Waals surface area contributed by atoms with Gasteiger partial charge in [-0.05, 0) is 12.1 Å². The van der Waals surface area contributed by atoms with Crippen LogP contribution in [0.2, 0.25) is 0 Å². The zero-order valence-corrected chi connectivity index (χ0v) is 9.72. The van der Waals surface area contributed by atoms with Gasteiger partial charge >= 0.3 is 0 Å². The molecule has 0 saturated carbocycles. The summed E-state index contributed by atoms with van der Waals surface area (Å²) in [5.74, 6) is 0.670. The lowest BCUT2D eigenvalue weighted by molar-refractivity contribution is 0.702. The molecule has 1 heterocycles. The van der Waals surface area contributed by atoms with Crippen LogP contribution in [0.3, 0.4) is 0 Å². The van der Waals surface area contributed by atoms with Crippen LogP contribution in [0.15, 0.2) is 42.2 Å². The van der Waals surface area contributed by atoms with Crippen molar-refractivity contribution in [2.24, 2.45) is 0 Å². The van der Waals surface area contributed by atoms with E-state index in [-0.39, 0.29) is 0 Å². The molecule has 17 heavy (non-hydrogen) atoms. The number of hydrogen-bond acceptors (Lipinski definition) is 3. The maximum absolute atomic E-state index is 8.85. The quantitative estimate of drug-likeness (QED) is 0.834. The molecule has 0 fully saturated rings. The van der Waals surface area contributed by atoms with Gasteiger partial charge in [0.25, 0.3) is 0 Å². The summed E-state index contributed by atoms with van der Waals surface area (Å²) in [4.78, 5) is 4.16. The van der Waals surface area contributed by atoms with E-state index in [0.29, 0.717) is 23.0 Å². The minimum atomic E-state index is 0.396. The van der Waals surface area contributed by atoms with Gasteiger partial charge in [-0.3, -0.25) is 0 Å². The number of nitriles is 1. The van der Waals surface area contributed by atoms with E-state index in [0.717, 1.165) is 5.56 Å². The van der Waals surface area contributed by atoms with Gasteiger partial charge in [-0.2, -0.15) is 10.4 Å². The molecule has 5 heteroatoms. The van der Waals surface area contributed by atoms with Crippen LogP contribution in [0.1, 0.15) is 5.56 Å². The molecule has 0 atom stereocenters. The van der Waals surface area contributed by atoms with E-state index in [1.165, 1.54) is 6.33 Å². The fourth-order valence-corrected chi connectivity index (χ4v) is 1.61. The van der Waals surface area contributed by atoms with Gasteiger partial charge < -0.3 is 0 Å². The van der Waals surface area contributed by atoms with E-state index in [1.54, 1.807) is 16.8 Å². The second-order valence-electron chi connectivity index (χ2n) is 3.45. The minimum Gasteiger partial charge on any atom is -0.240 e. The molecule has 4 nitrogen and oxygen atoms in total. The van der Waals surface area contributed by atoms with Gasteiger partial charge in [0.2, 0.25) is 0 Å². The predicted octanol–water partition coefficient (Wildman–Crippen LogP) is 2.57. The largest absolute Gasteiger partial charge is 0.240 e. The van der Waals surface area contributed by atoms with Crippen LogP contribution in [0.4, 0.5) is 0 Å². The van der Waals surface area contributed by atoms with Crippen LogP contribution >= 0.6 is 11.6 Å². The second-order valence-corrected chi connectivity index (χ2v) is 3.99. The Kier molecular flexibility index (Phi) is 3.22. The Morgan fingerprint density at radius 2 is 2.35 bits per heavy atom. The number of aromatic nitrogens is 3. The molecule has 2 rings (SSSR count). The Balaban J connectivity index is 2.43. The number of halogens is 1. The van der Waals surface area contributed by atoms with Gasteiger partial charge in [-0.15, -0.1) is 0 Å². The summed E-state index contributed by atoms with van der Waals surface area (Å²) in [6.07, 6.45) is 1.45. The zero-order chi connectivity index (χ0) is 12.3. The molecule has 0 amide bonds. The Labute approximate surface area is 104 Å². The highest BCUT2D eigenvalue weighted by molar-refractivity contribution is 6.29. The van der Waals surface area contributed by atoms with Crippen molar-refractivity contribution in [1.82, 2.24) is 14.8 Å². The maximum atomic E-state index is 8.85. The third-order valence-electron chi connectivity index (χ3n) is 2.19. The fourth-order valence-electron chi connectivity index (χ4n) is 1.49. The van der Waals surface area contributed by atoms with Gasteiger partial charge in [-0.25, -0.2) is 9.67 Å². The van der Waals surface area contributed by atoms with E-state index in [1.807, 2.05) is 12.1 Å². The second kappa shape index (κ2) is 4.81.